The number of likely N-dealkylation sites (tertiary alicyclic amines) is 1. The van der Waals surface area contributed by atoms with Crippen molar-refractivity contribution in [3.05, 3.63) is 30.2 Å². The zero-order valence-corrected chi connectivity index (χ0v) is 19.3. The average Bonchev–Trinajstić information content (AvgIpc) is 3.12. The standard InChI is InChI=1S/C19H29N7O2.HI/c1-3-20-18(22-15-9-13-25(14-10-15)19(27)28-4-2)21-11-8-17-24-23-16-7-5-6-12-26(16)17;/h5-7,12,15H,3-4,8-11,13-14H2,1-2H3,(H2,20,21,22);1H. The minimum absolute atomic E-state index is 0. The summed E-state index contributed by atoms with van der Waals surface area (Å²) < 4.78 is 7.06. The fraction of sp³-hybridized carbons (Fsp3) is 0.579. The van der Waals surface area contributed by atoms with Gasteiger partial charge in [-0.15, -0.1) is 34.2 Å². The predicted molar refractivity (Wildman–Crippen MR) is 123 cm³/mol. The maximum Gasteiger partial charge on any atom is 0.409 e. The van der Waals surface area contributed by atoms with Crippen LogP contribution >= 0.6 is 24.0 Å². The molecule has 2 aromatic rings. The number of aliphatic imine (C=N–C) groups is 1. The third kappa shape index (κ3) is 6.44. The van der Waals surface area contributed by atoms with Crippen molar-refractivity contribution in [2.45, 2.75) is 39.2 Å². The molecule has 29 heavy (non-hydrogen) atoms. The fourth-order valence-corrected chi connectivity index (χ4v) is 3.26. The van der Waals surface area contributed by atoms with E-state index in [9.17, 15) is 4.79 Å². The Kier molecular flexibility index (Phi) is 9.42. The van der Waals surface area contributed by atoms with E-state index in [1.54, 1.807) is 4.90 Å². The maximum atomic E-state index is 11.8. The Morgan fingerprint density at radius 3 is 2.79 bits per heavy atom. The van der Waals surface area contributed by atoms with Crippen molar-refractivity contribution in [1.82, 2.24) is 30.1 Å². The smallest absolute Gasteiger partial charge is 0.409 e. The van der Waals surface area contributed by atoms with Gasteiger partial charge in [-0.2, -0.15) is 0 Å². The zero-order valence-electron chi connectivity index (χ0n) is 17.0. The molecule has 1 aliphatic rings. The maximum absolute atomic E-state index is 11.8. The van der Waals surface area contributed by atoms with Gasteiger partial charge in [-0.25, -0.2) is 4.79 Å². The molecule has 10 heteroatoms. The van der Waals surface area contributed by atoms with Crippen LogP contribution in [0.25, 0.3) is 5.65 Å². The minimum atomic E-state index is -0.220. The van der Waals surface area contributed by atoms with Crippen molar-refractivity contribution in [1.29, 1.82) is 0 Å². The fourth-order valence-electron chi connectivity index (χ4n) is 3.26. The van der Waals surface area contributed by atoms with Crippen LogP contribution in [-0.2, 0) is 11.2 Å². The molecule has 160 valence electrons. The van der Waals surface area contributed by atoms with Gasteiger partial charge in [-0.3, -0.25) is 9.39 Å². The molecule has 0 bridgehead atoms. The molecule has 9 nitrogen and oxygen atoms in total. The largest absolute Gasteiger partial charge is 0.450 e. The molecule has 1 saturated heterocycles. The number of carbonyl (C=O) groups is 1. The molecular formula is C19H30IN7O2. The Labute approximate surface area is 188 Å². The van der Waals surface area contributed by atoms with E-state index in [2.05, 4.69) is 25.8 Å². The number of nitrogens with one attached hydrogen (secondary N) is 2. The molecule has 2 aromatic heterocycles. The molecular weight excluding hydrogens is 485 g/mol. The van der Waals surface area contributed by atoms with Crippen LogP contribution in [0.15, 0.2) is 29.4 Å². The second-order valence-electron chi connectivity index (χ2n) is 6.66. The van der Waals surface area contributed by atoms with Gasteiger partial charge in [-0.05, 0) is 38.8 Å². The number of pyridine rings is 1. The molecule has 3 heterocycles. The number of hydrogen-bond acceptors (Lipinski definition) is 5. The molecule has 0 atom stereocenters. The lowest BCUT2D eigenvalue weighted by atomic mass is 10.1. The van der Waals surface area contributed by atoms with Crippen LogP contribution in [0.5, 0.6) is 0 Å². The van der Waals surface area contributed by atoms with Gasteiger partial charge in [0, 0.05) is 44.8 Å². The van der Waals surface area contributed by atoms with E-state index in [1.807, 2.05) is 42.6 Å². The number of guanidine groups is 1. The third-order valence-electron chi connectivity index (χ3n) is 4.70. The van der Waals surface area contributed by atoms with Gasteiger partial charge in [0.05, 0.1) is 6.61 Å². The molecule has 2 N–H and O–H groups in total. The number of carbonyl (C=O) groups excluding carboxylic acids is 1. The van der Waals surface area contributed by atoms with Gasteiger partial charge < -0.3 is 20.3 Å². The number of piperidine rings is 1. The van der Waals surface area contributed by atoms with Crippen molar-refractivity contribution in [3.8, 4) is 0 Å². The number of ether oxygens (including phenoxy) is 1. The van der Waals surface area contributed by atoms with Crippen LogP contribution in [0, 0.1) is 0 Å². The van der Waals surface area contributed by atoms with E-state index in [4.69, 9.17) is 4.74 Å². The van der Waals surface area contributed by atoms with Crippen LogP contribution in [0.1, 0.15) is 32.5 Å². The highest BCUT2D eigenvalue weighted by atomic mass is 127. The monoisotopic (exact) mass is 515 g/mol. The summed E-state index contributed by atoms with van der Waals surface area (Å²) in [6.45, 7) is 7.09. The Balaban J connectivity index is 0.00000300. The number of fused-ring (bicyclic) bond motifs is 1. The Morgan fingerprint density at radius 2 is 2.07 bits per heavy atom. The van der Waals surface area contributed by atoms with Crippen LogP contribution in [0.2, 0.25) is 0 Å². The van der Waals surface area contributed by atoms with Crippen LogP contribution in [0.4, 0.5) is 4.79 Å². The molecule has 0 unspecified atom stereocenters. The third-order valence-corrected chi connectivity index (χ3v) is 4.70. The quantitative estimate of drug-likeness (QED) is 0.348. The highest BCUT2D eigenvalue weighted by Crippen LogP contribution is 2.11. The summed E-state index contributed by atoms with van der Waals surface area (Å²) >= 11 is 0. The molecule has 0 radical (unpaired) electrons. The molecule has 3 rings (SSSR count). The van der Waals surface area contributed by atoms with Crippen molar-refractivity contribution < 1.29 is 9.53 Å². The first-order valence-electron chi connectivity index (χ1n) is 9.96. The van der Waals surface area contributed by atoms with Crippen LogP contribution in [-0.4, -0.2) is 70.4 Å². The van der Waals surface area contributed by atoms with Crippen molar-refractivity contribution in [2.24, 2.45) is 4.99 Å². The number of rotatable bonds is 6. The number of nitrogens with zero attached hydrogens (tertiary/aromatic N) is 5. The molecule has 1 aliphatic heterocycles. The molecule has 0 saturated carbocycles. The van der Waals surface area contributed by atoms with Gasteiger partial charge >= 0.3 is 6.09 Å². The normalized spacial score (nSPS) is 15.1. The lowest BCUT2D eigenvalue weighted by Crippen LogP contribution is -2.50. The number of halogens is 1. The highest BCUT2D eigenvalue weighted by molar-refractivity contribution is 14.0. The van der Waals surface area contributed by atoms with E-state index in [0.29, 0.717) is 32.7 Å². The molecule has 0 spiro atoms. The first-order chi connectivity index (χ1) is 13.7. The van der Waals surface area contributed by atoms with E-state index in [-0.39, 0.29) is 36.1 Å². The Bertz CT molecular complexity index is 803. The summed E-state index contributed by atoms with van der Waals surface area (Å²) in [4.78, 5) is 18.3. The predicted octanol–water partition coefficient (Wildman–Crippen LogP) is 2.07. The minimum Gasteiger partial charge on any atom is -0.450 e. The van der Waals surface area contributed by atoms with Crippen LogP contribution < -0.4 is 10.6 Å². The van der Waals surface area contributed by atoms with Crippen molar-refractivity contribution in [2.75, 3.05) is 32.8 Å². The second-order valence-corrected chi connectivity index (χ2v) is 6.66. The molecule has 1 amide bonds. The molecule has 0 aliphatic carbocycles. The van der Waals surface area contributed by atoms with Gasteiger partial charge in [0.1, 0.15) is 5.82 Å². The average molecular weight is 515 g/mol. The number of hydrogen-bond donors (Lipinski definition) is 2. The summed E-state index contributed by atoms with van der Waals surface area (Å²) in [5.74, 6) is 1.70. The van der Waals surface area contributed by atoms with E-state index < -0.39 is 0 Å². The van der Waals surface area contributed by atoms with E-state index >= 15 is 0 Å². The summed E-state index contributed by atoms with van der Waals surface area (Å²) in [6.07, 6.45) is 4.20. The lowest BCUT2D eigenvalue weighted by molar-refractivity contribution is 0.0963. The first kappa shape index (κ1) is 23.2. The second kappa shape index (κ2) is 11.8. The topological polar surface area (TPSA) is 96.1 Å². The summed E-state index contributed by atoms with van der Waals surface area (Å²) in [5, 5.41) is 15.2. The SMILES string of the molecule is CCNC(=NCCc1nnc2ccccn12)NC1CCN(C(=O)OCC)CC1.I. The van der Waals surface area contributed by atoms with Gasteiger partial charge in [0.25, 0.3) is 0 Å². The molecule has 1 fully saturated rings. The van der Waals surface area contributed by atoms with Gasteiger partial charge in [0.15, 0.2) is 11.6 Å². The van der Waals surface area contributed by atoms with E-state index in [0.717, 1.165) is 36.8 Å². The number of amides is 1. The summed E-state index contributed by atoms with van der Waals surface area (Å²) in [7, 11) is 0. The van der Waals surface area contributed by atoms with E-state index in [1.165, 1.54) is 0 Å². The lowest BCUT2D eigenvalue weighted by Gasteiger charge is -2.32. The van der Waals surface area contributed by atoms with Crippen LogP contribution in [0.3, 0.4) is 0 Å². The zero-order chi connectivity index (χ0) is 19.8. The van der Waals surface area contributed by atoms with Crippen molar-refractivity contribution in [3.63, 3.8) is 0 Å². The Hall–Kier alpha value is -2.11. The Morgan fingerprint density at radius 1 is 1.28 bits per heavy atom. The van der Waals surface area contributed by atoms with Crippen molar-refractivity contribution >= 4 is 41.7 Å². The number of aromatic nitrogens is 3. The first-order valence-corrected chi connectivity index (χ1v) is 9.96. The summed E-state index contributed by atoms with van der Waals surface area (Å²) in [5.41, 5.74) is 0.847. The van der Waals surface area contributed by atoms with Gasteiger partial charge in [-0.1, -0.05) is 6.07 Å². The molecule has 0 aromatic carbocycles. The van der Waals surface area contributed by atoms with Gasteiger partial charge in [0.2, 0.25) is 0 Å². The summed E-state index contributed by atoms with van der Waals surface area (Å²) in [6, 6.07) is 6.15. The highest BCUT2D eigenvalue weighted by Gasteiger charge is 2.24.